The Morgan fingerprint density at radius 3 is 3.04 bits per heavy atom. The van der Waals surface area contributed by atoms with Gasteiger partial charge in [0.1, 0.15) is 0 Å². The summed E-state index contributed by atoms with van der Waals surface area (Å²) in [7, 11) is 1.65. The van der Waals surface area contributed by atoms with E-state index in [2.05, 4.69) is 0 Å². The van der Waals surface area contributed by atoms with Gasteiger partial charge in [0.25, 0.3) is 5.91 Å². The fourth-order valence-electron chi connectivity index (χ4n) is 3.77. The van der Waals surface area contributed by atoms with Crippen LogP contribution in [0.2, 0.25) is 0 Å². The first kappa shape index (κ1) is 16.4. The number of aliphatic hydroxyl groups excluding tert-OH is 1. The number of aliphatic hydroxyl groups is 1. The van der Waals surface area contributed by atoms with Gasteiger partial charge in [0.05, 0.1) is 32.0 Å². The minimum Gasteiger partial charge on any atom is -0.393 e. The fraction of sp³-hybridized carbons (Fsp3) is 0.611. The third kappa shape index (κ3) is 3.57. The molecule has 0 bridgehead atoms. The van der Waals surface area contributed by atoms with Crippen molar-refractivity contribution in [1.29, 1.82) is 0 Å². The van der Waals surface area contributed by atoms with Crippen LogP contribution in [0.15, 0.2) is 24.3 Å². The molecule has 5 nitrogen and oxygen atoms in total. The molecule has 1 saturated carbocycles. The largest absolute Gasteiger partial charge is 0.393 e. The monoisotopic (exact) mass is 319 g/mol. The molecular weight excluding hydrogens is 294 g/mol. The van der Waals surface area contributed by atoms with E-state index in [1.165, 1.54) is 0 Å². The minimum atomic E-state index is -0.322. The third-order valence-electron chi connectivity index (χ3n) is 4.94. The number of carbonyl (C=O) groups is 1. The van der Waals surface area contributed by atoms with E-state index in [1.54, 1.807) is 7.11 Å². The van der Waals surface area contributed by atoms with Crippen molar-refractivity contribution in [1.82, 2.24) is 4.90 Å². The van der Waals surface area contributed by atoms with E-state index in [9.17, 15) is 9.90 Å². The average Bonchev–Trinajstić information content (AvgIpc) is 3.01. The third-order valence-corrected chi connectivity index (χ3v) is 4.94. The maximum atomic E-state index is 13.0. The Balaban J connectivity index is 1.79. The molecule has 1 heterocycles. The summed E-state index contributed by atoms with van der Waals surface area (Å²) in [5, 5.41) is 10.2. The number of carbonyl (C=O) groups excluding carboxylic acids is 1. The first-order valence-corrected chi connectivity index (χ1v) is 8.35. The van der Waals surface area contributed by atoms with Gasteiger partial charge < -0.3 is 19.5 Å². The van der Waals surface area contributed by atoms with Crippen LogP contribution in [0.3, 0.4) is 0 Å². The highest BCUT2D eigenvalue weighted by atomic mass is 16.5. The van der Waals surface area contributed by atoms with Crippen molar-refractivity contribution < 1.29 is 19.4 Å². The van der Waals surface area contributed by atoms with Gasteiger partial charge >= 0.3 is 0 Å². The first-order chi connectivity index (χ1) is 11.2. The van der Waals surface area contributed by atoms with Crippen molar-refractivity contribution in [3.63, 3.8) is 0 Å². The van der Waals surface area contributed by atoms with Gasteiger partial charge in [-0.05, 0) is 30.5 Å². The number of amides is 1. The zero-order valence-corrected chi connectivity index (χ0v) is 13.6. The van der Waals surface area contributed by atoms with Gasteiger partial charge in [0.15, 0.2) is 0 Å². The summed E-state index contributed by atoms with van der Waals surface area (Å²) in [4.78, 5) is 14.9. The molecule has 1 amide bonds. The second kappa shape index (κ2) is 7.43. The van der Waals surface area contributed by atoms with E-state index in [-0.39, 0.29) is 24.0 Å². The van der Waals surface area contributed by atoms with Crippen LogP contribution < -0.4 is 0 Å². The molecule has 1 saturated heterocycles. The summed E-state index contributed by atoms with van der Waals surface area (Å²) < 4.78 is 10.7. The van der Waals surface area contributed by atoms with Crippen LogP contribution in [-0.4, -0.2) is 54.9 Å². The SMILES string of the molecule is COCc1cccc(C(=O)N2CCOC[C@@H]2[C@@H]2CCC[C@H]2O)c1. The van der Waals surface area contributed by atoms with Gasteiger partial charge in [-0.3, -0.25) is 4.79 Å². The molecule has 0 unspecified atom stereocenters. The Morgan fingerprint density at radius 2 is 2.30 bits per heavy atom. The van der Waals surface area contributed by atoms with E-state index >= 15 is 0 Å². The van der Waals surface area contributed by atoms with Gasteiger partial charge in [0, 0.05) is 25.1 Å². The highest BCUT2D eigenvalue weighted by molar-refractivity contribution is 5.94. The van der Waals surface area contributed by atoms with E-state index < -0.39 is 0 Å². The number of morpholine rings is 1. The van der Waals surface area contributed by atoms with E-state index in [4.69, 9.17) is 9.47 Å². The first-order valence-electron chi connectivity index (χ1n) is 8.35. The van der Waals surface area contributed by atoms with Crippen molar-refractivity contribution in [3.05, 3.63) is 35.4 Å². The van der Waals surface area contributed by atoms with Crippen molar-refractivity contribution in [2.45, 2.75) is 38.0 Å². The Bertz CT molecular complexity index is 548. The maximum absolute atomic E-state index is 13.0. The molecular formula is C18H25NO4. The van der Waals surface area contributed by atoms with Crippen molar-refractivity contribution >= 4 is 5.91 Å². The lowest BCUT2D eigenvalue weighted by molar-refractivity contribution is -0.0383. The molecule has 1 aliphatic heterocycles. The van der Waals surface area contributed by atoms with Crippen LogP contribution in [0.25, 0.3) is 0 Å². The molecule has 126 valence electrons. The van der Waals surface area contributed by atoms with Gasteiger partial charge in [-0.15, -0.1) is 0 Å². The normalized spacial score (nSPS) is 28.1. The molecule has 1 aromatic rings. The van der Waals surface area contributed by atoms with Crippen molar-refractivity contribution in [3.8, 4) is 0 Å². The average molecular weight is 319 g/mol. The lowest BCUT2D eigenvalue weighted by atomic mass is 9.93. The zero-order chi connectivity index (χ0) is 16.2. The van der Waals surface area contributed by atoms with E-state index in [0.29, 0.717) is 31.9 Å². The Labute approximate surface area is 137 Å². The van der Waals surface area contributed by atoms with Gasteiger partial charge in [-0.2, -0.15) is 0 Å². The van der Waals surface area contributed by atoms with Crippen LogP contribution in [0.4, 0.5) is 0 Å². The van der Waals surface area contributed by atoms with Gasteiger partial charge in [-0.25, -0.2) is 0 Å². The summed E-state index contributed by atoms with van der Waals surface area (Å²) in [5.74, 6) is 0.150. The van der Waals surface area contributed by atoms with Gasteiger partial charge in [-0.1, -0.05) is 18.6 Å². The lowest BCUT2D eigenvalue weighted by Crippen LogP contribution is -2.53. The van der Waals surface area contributed by atoms with Crippen LogP contribution >= 0.6 is 0 Å². The minimum absolute atomic E-state index is 0.0235. The molecule has 0 aromatic heterocycles. The molecule has 23 heavy (non-hydrogen) atoms. The van der Waals surface area contributed by atoms with Crippen LogP contribution in [0, 0.1) is 5.92 Å². The molecule has 2 fully saturated rings. The molecule has 1 aromatic carbocycles. The summed E-state index contributed by atoms with van der Waals surface area (Å²) in [6, 6.07) is 7.56. The molecule has 3 atom stereocenters. The standard InChI is InChI=1S/C18H25NO4/c1-22-11-13-4-2-5-14(10-13)18(21)19-8-9-23-12-16(19)15-6-3-7-17(15)20/h2,4-5,10,15-17,20H,3,6-9,11-12H2,1H3/t15-,16+,17+/m0/s1. The number of methoxy groups -OCH3 is 1. The second-order valence-corrected chi connectivity index (χ2v) is 6.44. The fourth-order valence-corrected chi connectivity index (χ4v) is 3.77. The van der Waals surface area contributed by atoms with E-state index in [1.807, 2.05) is 29.2 Å². The predicted molar refractivity (Wildman–Crippen MR) is 86.1 cm³/mol. The van der Waals surface area contributed by atoms with Crippen molar-refractivity contribution in [2.24, 2.45) is 5.92 Å². The summed E-state index contributed by atoms with van der Waals surface area (Å²) in [6.07, 6.45) is 2.49. The maximum Gasteiger partial charge on any atom is 0.254 e. The summed E-state index contributed by atoms with van der Waals surface area (Å²) >= 11 is 0. The Morgan fingerprint density at radius 1 is 1.43 bits per heavy atom. The number of benzene rings is 1. The smallest absolute Gasteiger partial charge is 0.254 e. The Hall–Kier alpha value is -1.43. The topological polar surface area (TPSA) is 59.0 Å². The molecule has 0 radical (unpaired) electrons. The molecule has 3 rings (SSSR count). The molecule has 5 heteroatoms. The molecule has 2 aliphatic rings. The lowest BCUT2D eigenvalue weighted by Gasteiger charge is -2.40. The molecule has 1 aliphatic carbocycles. The summed E-state index contributed by atoms with van der Waals surface area (Å²) in [6.45, 7) is 2.16. The van der Waals surface area contributed by atoms with Crippen LogP contribution in [-0.2, 0) is 16.1 Å². The van der Waals surface area contributed by atoms with Crippen molar-refractivity contribution in [2.75, 3.05) is 26.9 Å². The van der Waals surface area contributed by atoms with Gasteiger partial charge in [0.2, 0.25) is 0 Å². The highest BCUT2D eigenvalue weighted by Gasteiger charge is 2.39. The predicted octanol–water partition coefficient (Wildman–Crippen LogP) is 1.83. The number of rotatable bonds is 4. The zero-order valence-electron chi connectivity index (χ0n) is 13.6. The Kier molecular flexibility index (Phi) is 5.30. The number of ether oxygens (including phenoxy) is 2. The number of hydrogen-bond donors (Lipinski definition) is 1. The second-order valence-electron chi connectivity index (χ2n) is 6.44. The number of hydrogen-bond acceptors (Lipinski definition) is 4. The van der Waals surface area contributed by atoms with Crippen LogP contribution in [0.5, 0.6) is 0 Å². The highest BCUT2D eigenvalue weighted by Crippen LogP contribution is 2.32. The molecule has 0 spiro atoms. The van der Waals surface area contributed by atoms with E-state index in [0.717, 1.165) is 24.8 Å². The quantitative estimate of drug-likeness (QED) is 0.920. The number of nitrogens with zero attached hydrogens (tertiary/aromatic N) is 1. The van der Waals surface area contributed by atoms with Crippen LogP contribution in [0.1, 0.15) is 35.2 Å². The summed E-state index contributed by atoms with van der Waals surface area (Å²) in [5.41, 5.74) is 1.67. The molecule has 1 N–H and O–H groups in total.